The van der Waals surface area contributed by atoms with Gasteiger partial charge < -0.3 is 15.0 Å². The molecule has 0 aromatic heterocycles. The molecule has 6 heteroatoms. The number of nitrogens with zero attached hydrogens (tertiary/aromatic N) is 2. The Labute approximate surface area is 150 Å². The molecule has 25 heavy (non-hydrogen) atoms. The fraction of sp³-hybridized carbons (Fsp3) is 0.579. The predicted molar refractivity (Wildman–Crippen MR) is 97.4 cm³/mol. The van der Waals surface area contributed by atoms with Crippen molar-refractivity contribution in [2.45, 2.75) is 39.3 Å². The quantitative estimate of drug-likeness (QED) is 0.777. The highest BCUT2D eigenvalue weighted by molar-refractivity contribution is 5.88. The van der Waals surface area contributed by atoms with Gasteiger partial charge in [0.2, 0.25) is 11.8 Å². The highest BCUT2D eigenvalue weighted by Gasteiger charge is 2.32. The van der Waals surface area contributed by atoms with Crippen molar-refractivity contribution in [2.75, 3.05) is 33.3 Å². The van der Waals surface area contributed by atoms with Crippen molar-refractivity contribution in [2.24, 2.45) is 0 Å². The minimum absolute atomic E-state index is 0.00648. The van der Waals surface area contributed by atoms with Crippen LogP contribution in [0.15, 0.2) is 24.3 Å². The summed E-state index contributed by atoms with van der Waals surface area (Å²) in [6.45, 7) is 7.22. The van der Waals surface area contributed by atoms with E-state index in [2.05, 4.69) is 10.2 Å². The summed E-state index contributed by atoms with van der Waals surface area (Å²) in [5.74, 6) is 0.773. The molecule has 1 heterocycles. The molecule has 0 unspecified atom stereocenters. The Balaban J connectivity index is 2.11. The van der Waals surface area contributed by atoms with E-state index in [0.717, 1.165) is 24.3 Å². The van der Waals surface area contributed by atoms with Crippen LogP contribution in [0.3, 0.4) is 0 Å². The van der Waals surface area contributed by atoms with Crippen molar-refractivity contribution in [3.8, 4) is 5.75 Å². The summed E-state index contributed by atoms with van der Waals surface area (Å²) in [4.78, 5) is 28.6. The van der Waals surface area contributed by atoms with Gasteiger partial charge in [-0.2, -0.15) is 0 Å². The van der Waals surface area contributed by atoms with Gasteiger partial charge in [-0.1, -0.05) is 25.1 Å². The molecule has 0 aliphatic carbocycles. The minimum Gasteiger partial charge on any atom is -0.494 e. The Hall–Kier alpha value is -2.08. The lowest BCUT2D eigenvalue weighted by Crippen LogP contribution is -2.56. The van der Waals surface area contributed by atoms with Crippen molar-refractivity contribution in [3.05, 3.63) is 29.8 Å². The number of piperazine rings is 1. The van der Waals surface area contributed by atoms with Crippen LogP contribution in [-0.4, -0.2) is 60.9 Å². The number of carbonyl (C=O) groups is 2. The van der Waals surface area contributed by atoms with Crippen LogP contribution >= 0.6 is 0 Å². The number of benzene rings is 1. The molecule has 0 bridgehead atoms. The molecule has 1 saturated heterocycles. The van der Waals surface area contributed by atoms with Crippen LogP contribution in [0.25, 0.3) is 0 Å². The summed E-state index contributed by atoms with van der Waals surface area (Å²) in [5, 5.41) is 2.88. The molecule has 1 fully saturated rings. The standard InChI is InChI=1S/C19H29N3O3/c1-4-11-21(3)18(23)13-16-19(24)20-10-12-22(16)14-15-8-6-7-9-17(15)25-5-2/h6-9,16H,4-5,10-14H2,1-3H3,(H,20,24)/t16-/m1/s1. The fourth-order valence-electron chi connectivity index (χ4n) is 3.10. The number of amides is 2. The Morgan fingerprint density at radius 2 is 2.12 bits per heavy atom. The summed E-state index contributed by atoms with van der Waals surface area (Å²) in [7, 11) is 1.79. The van der Waals surface area contributed by atoms with Crippen LogP contribution in [-0.2, 0) is 16.1 Å². The molecule has 1 aromatic carbocycles. The maximum atomic E-state index is 12.4. The molecule has 0 saturated carbocycles. The third kappa shape index (κ3) is 5.19. The average Bonchev–Trinajstić information content (AvgIpc) is 2.60. The third-order valence-electron chi connectivity index (χ3n) is 4.44. The second-order valence-electron chi connectivity index (χ2n) is 6.34. The van der Waals surface area contributed by atoms with E-state index < -0.39 is 6.04 Å². The largest absolute Gasteiger partial charge is 0.494 e. The van der Waals surface area contributed by atoms with E-state index in [1.807, 2.05) is 38.1 Å². The number of rotatable bonds is 8. The first-order valence-electron chi connectivity index (χ1n) is 9.03. The van der Waals surface area contributed by atoms with Gasteiger partial charge in [0.15, 0.2) is 0 Å². The first-order chi connectivity index (χ1) is 12.1. The first-order valence-corrected chi connectivity index (χ1v) is 9.03. The minimum atomic E-state index is -0.435. The number of hydrogen-bond acceptors (Lipinski definition) is 4. The summed E-state index contributed by atoms with van der Waals surface area (Å²) in [5.41, 5.74) is 1.04. The van der Waals surface area contributed by atoms with Gasteiger partial charge in [-0.05, 0) is 19.4 Å². The summed E-state index contributed by atoms with van der Waals surface area (Å²) in [6, 6.07) is 7.43. The lowest BCUT2D eigenvalue weighted by Gasteiger charge is -2.35. The number of carbonyl (C=O) groups excluding carboxylic acids is 2. The summed E-state index contributed by atoms with van der Waals surface area (Å²) >= 11 is 0. The zero-order valence-corrected chi connectivity index (χ0v) is 15.5. The highest BCUT2D eigenvalue weighted by Crippen LogP contribution is 2.22. The summed E-state index contributed by atoms with van der Waals surface area (Å²) in [6.07, 6.45) is 1.11. The monoisotopic (exact) mass is 347 g/mol. The van der Waals surface area contributed by atoms with Crippen LogP contribution < -0.4 is 10.1 Å². The first kappa shape index (κ1) is 19.2. The van der Waals surface area contributed by atoms with E-state index in [9.17, 15) is 9.59 Å². The molecule has 138 valence electrons. The average molecular weight is 347 g/mol. The lowest BCUT2D eigenvalue weighted by molar-refractivity contribution is -0.138. The molecule has 1 aliphatic rings. The van der Waals surface area contributed by atoms with Gasteiger partial charge in [0.1, 0.15) is 5.75 Å². The van der Waals surface area contributed by atoms with Gasteiger partial charge in [0, 0.05) is 38.8 Å². The normalized spacial score (nSPS) is 17.9. The Morgan fingerprint density at radius 1 is 1.36 bits per heavy atom. The van der Waals surface area contributed by atoms with Crippen LogP contribution in [0.1, 0.15) is 32.3 Å². The predicted octanol–water partition coefficient (Wildman–Crippen LogP) is 1.64. The Kier molecular flexibility index (Phi) is 7.25. The fourth-order valence-corrected chi connectivity index (χ4v) is 3.10. The SMILES string of the molecule is CCCN(C)C(=O)C[C@@H]1C(=O)NCCN1Cc1ccccc1OCC. The molecule has 1 aromatic rings. The van der Waals surface area contributed by atoms with Crippen LogP contribution in [0.4, 0.5) is 0 Å². The van der Waals surface area contributed by atoms with Gasteiger partial charge in [-0.3, -0.25) is 14.5 Å². The van der Waals surface area contributed by atoms with E-state index in [1.165, 1.54) is 0 Å². The molecule has 1 aliphatic heterocycles. The molecule has 0 spiro atoms. The molecular weight excluding hydrogens is 318 g/mol. The zero-order valence-electron chi connectivity index (χ0n) is 15.5. The van der Waals surface area contributed by atoms with Gasteiger partial charge in [-0.15, -0.1) is 0 Å². The summed E-state index contributed by atoms with van der Waals surface area (Å²) < 4.78 is 5.69. The highest BCUT2D eigenvalue weighted by atomic mass is 16.5. The molecule has 6 nitrogen and oxygen atoms in total. The van der Waals surface area contributed by atoms with Crippen molar-refractivity contribution < 1.29 is 14.3 Å². The van der Waals surface area contributed by atoms with Gasteiger partial charge in [-0.25, -0.2) is 0 Å². The van der Waals surface area contributed by atoms with Crippen LogP contribution in [0, 0.1) is 0 Å². The Bertz CT molecular complexity index is 591. The second kappa shape index (κ2) is 9.42. The van der Waals surface area contributed by atoms with E-state index in [0.29, 0.717) is 26.2 Å². The van der Waals surface area contributed by atoms with Crippen molar-refractivity contribution in [3.63, 3.8) is 0 Å². The Morgan fingerprint density at radius 3 is 2.84 bits per heavy atom. The van der Waals surface area contributed by atoms with Gasteiger partial charge in [0.25, 0.3) is 0 Å². The second-order valence-corrected chi connectivity index (χ2v) is 6.34. The molecule has 2 amide bonds. The molecular formula is C19H29N3O3. The number of ether oxygens (including phenoxy) is 1. The van der Waals surface area contributed by atoms with E-state index in [1.54, 1.807) is 11.9 Å². The maximum absolute atomic E-state index is 12.4. The van der Waals surface area contributed by atoms with E-state index in [4.69, 9.17) is 4.74 Å². The van der Waals surface area contributed by atoms with Crippen molar-refractivity contribution in [1.82, 2.24) is 15.1 Å². The smallest absolute Gasteiger partial charge is 0.237 e. The van der Waals surface area contributed by atoms with Gasteiger partial charge in [0.05, 0.1) is 19.1 Å². The zero-order chi connectivity index (χ0) is 18.2. The molecule has 0 radical (unpaired) electrons. The number of nitrogens with one attached hydrogen (secondary N) is 1. The number of hydrogen-bond donors (Lipinski definition) is 1. The number of para-hydroxylation sites is 1. The molecule has 2 rings (SSSR count). The molecule has 1 N–H and O–H groups in total. The molecule has 1 atom stereocenters. The van der Waals surface area contributed by atoms with Crippen molar-refractivity contribution >= 4 is 11.8 Å². The third-order valence-corrected chi connectivity index (χ3v) is 4.44. The lowest BCUT2D eigenvalue weighted by atomic mass is 10.1. The van der Waals surface area contributed by atoms with Crippen LogP contribution in [0.2, 0.25) is 0 Å². The maximum Gasteiger partial charge on any atom is 0.237 e. The van der Waals surface area contributed by atoms with Gasteiger partial charge >= 0.3 is 0 Å². The van der Waals surface area contributed by atoms with Crippen LogP contribution in [0.5, 0.6) is 5.75 Å². The van der Waals surface area contributed by atoms with E-state index in [-0.39, 0.29) is 18.2 Å². The van der Waals surface area contributed by atoms with E-state index >= 15 is 0 Å². The topological polar surface area (TPSA) is 61.9 Å². The van der Waals surface area contributed by atoms with Crippen molar-refractivity contribution in [1.29, 1.82) is 0 Å².